The summed E-state index contributed by atoms with van der Waals surface area (Å²) in [6.07, 6.45) is 1.69. The molecule has 3 aromatic rings. The number of nitrogens with zero attached hydrogens (tertiary/aromatic N) is 1. The molecular formula is C24H25ClN2O3S. The van der Waals surface area contributed by atoms with Gasteiger partial charge in [-0.3, -0.25) is 14.6 Å². The topological polar surface area (TPSA) is 68.3 Å². The lowest BCUT2D eigenvalue weighted by molar-refractivity contribution is -0.134. The van der Waals surface area contributed by atoms with Crippen LogP contribution in [0.2, 0.25) is 5.02 Å². The van der Waals surface area contributed by atoms with Crippen molar-refractivity contribution in [1.29, 1.82) is 0 Å². The van der Waals surface area contributed by atoms with Gasteiger partial charge in [-0.05, 0) is 81.4 Å². The molecule has 0 spiro atoms. The van der Waals surface area contributed by atoms with Crippen LogP contribution in [0.4, 0.5) is 0 Å². The third-order valence-corrected chi connectivity index (χ3v) is 4.87. The number of nitrogens with one attached hydrogen (secondary N) is 1. The number of aromatic nitrogens is 1. The minimum Gasteiger partial charge on any atom is -0.478 e. The van der Waals surface area contributed by atoms with E-state index < -0.39 is 5.60 Å². The molecule has 1 N–H and O–H groups in total. The average Bonchev–Trinajstić information content (AvgIpc) is 2.74. The van der Waals surface area contributed by atoms with E-state index in [4.69, 9.17) is 16.3 Å². The van der Waals surface area contributed by atoms with Gasteiger partial charge in [-0.15, -0.1) is 0 Å². The van der Waals surface area contributed by atoms with Crippen molar-refractivity contribution in [2.24, 2.45) is 0 Å². The molecule has 0 aliphatic rings. The lowest BCUT2D eigenvalue weighted by Gasteiger charge is -2.27. The second-order valence-corrected chi connectivity index (χ2v) is 7.86. The van der Waals surface area contributed by atoms with Gasteiger partial charge in [0.2, 0.25) is 0 Å². The molecule has 0 saturated heterocycles. The Labute approximate surface area is 194 Å². The van der Waals surface area contributed by atoms with Crippen molar-refractivity contribution < 1.29 is 14.3 Å². The van der Waals surface area contributed by atoms with Crippen molar-refractivity contribution in [3.63, 3.8) is 0 Å². The Balaban J connectivity index is 0.00000341. The first kappa shape index (κ1) is 24.4. The first-order valence-electron chi connectivity index (χ1n) is 9.57. The lowest BCUT2D eigenvalue weighted by Crippen LogP contribution is -2.47. The van der Waals surface area contributed by atoms with Crippen molar-refractivity contribution in [1.82, 2.24) is 10.3 Å². The number of amides is 1. The summed E-state index contributed by atoms with van der Waals surface area (Å²) < 4.78 is 5.90. The van der Waals surface area contributed by atoms with E-state index in [-0.39, 0.29) is 31.2 Å². The summed E-state index contributed by atoms with van der Waals surface area (Å²) in [5.41, 5.74) is 0.740. The van der Waals surface area contributed by atoms with Crippen LogP contribution in [-0.4, -0.2) is 22.3 Å². The van der Waals surface area contributed by atoms with Crippen LogP contribution in [0.3, 0.4) is 0 Å². The average molecular weight is 457 g/mol. The number of ketones is 1. The molecule has 31 heavy (non-hydrogen) atoms. The molecule has 162 valence electrons. The summed E-state index contributed by atoms with van der Waals surface area (Å²) in [6.45, 7) is 5.26. The van der Waals surface area contributed by atoms with E-state index in [1.165, 1.54) is 0 Å². The van der Waals surface area contributed by atoms with Gasteiger partial charge in [0.25, 0.3) is 5.91 Å². The molecule has 3 rings (SSSR count). The fourth-order valence-corrected chi connectivity index (χ4v) is 2.99. The molecule has 7 heteroatoms. The normalized spacial score (nSPS) is 11.7. The number of hydrogen-bond acceptors (Lipinski definition) is 4. The monoisotopic (exact) mass is 456 g/mol. The number of ether oxygens (including phenoxy) is 1. The van der Waals surface area contributed by atoms with Gasteiger partial charge in [-0.25, -0.2) is 0 Å². The zero-order chi connectivity index (χ0) is 21.7. The largest absolute Gasteiger partial charge is 0.478 e. The highest BCUT2D eigenvalue weighted by molar-refractivity contribution is 7.59. The predicted molar refractivity (Wildman–Crippen MR) is 127 cm³/mol. The van der Waals surface area contributed by atoms with Crippen molar-refractivity contribution in [3.05, 3.63) is 94.8 Å². The van der Waals surface area contributed by atoms with Gasteiger partial charge in [0.15, 0.2) is 11.4 Å². The van der Waals surface area contributed by atoms with Crippen molar-refractivity contribution in [2.75, 3.05) is 0 Å². The maximum Gasteiger partial charge on any atom is 0.264 e. The zero-order valence-corrected chi connectivity index (χ0v) is 19.3. The fraction of sp³-hybridized carbons (Fsp3) is 0.208. The van der Waals surface area contributed by atoms with E-state index >= 15 is 0 Å². The first-order valence-corrected chi connectivity index (χ1v) is 9.95. The quantitative estimate of drug-likeness (QED) is 0.501. The highest BCUT2D eigenvalue weighted by Gasteiger charge is 2.31. The molecule has 1 amide bonds. The predicted octanol–water partition coefficient (Wildman–Crippen LogP) is 5.11. The molecule has 2 aromatic carbocycles. The molecule has 0 fully saturated rings. The van der Waals surface area contributed by atoms with Crippen LogP contribution >= 0.6 is 25.1 Å². The number of carbonyl (C=O) groups is 2. The van der Waals surface area contributed by atoms with E-state index in [1.807, 2.05) is 25.1 Å². The van der Waals surface area contributed by atoms with Gasteiger partial charge in [0.05, 0.1) is 11.7 Å². The summed E-state index contributed by atoms with van der Waals surface area (Å²) in [5, 5.41) is 3.50. The molecule has 1 atom stereocenters. The maximum atomic E-state index is 12.7. The Morgan fingerprint density at radius 2 is 1.55 bits per heavy atom. The Morgan fingerprint density at radius 1 is 0.968 bits per heavy atom. The van der Waals surface area contributed by atoms with Crippen LogP contribution in [0, 0.1) is 0 Å². The van der Waals surface area contributed by atoms with Gasteiger partial charge >= 0.3 is 0 Å². The standard InChI is InChI=1S/C24H23ClN2O3.H2S/c1-16(21-6-4-5-15-26-21)27-23(29)24(2,3)30-20-13-9-18(10-14-20)22(28)17-7-11-19(25)12-8-17;/h4-16H,1-3H3,(H,27,29);1H2. The van der Waals surface area contributed by atoms with Crippen molar-refractivity contribution in [2.45, 2.75) is 32.4 Å². The molecule has 0 radical (unpaired) electrons. The van der Waals surface area contributed by atoms with E-state index in [0.717, 1.165) is 5.69 Å². The van der Waals surface area contributed by atoms with Crippen LogP contribution in [0.15, 0.2) is 72.9 Å². The van der Waals surface area contributed by atoms with E-state index in [0.29, 0.717) is 21.9 Å². The second-order valence-electron chi connectivity index (χ2n) is 7.42. The fourth-order valence-electron chi connectivity index (χ4n) is 2.86. The van der Waals surface area contributed by atoms with E-state index in [9.17, 15) is 9.59 Å². The summed E-state index contributed by atoms with van der Waals surface area (Å²) >= 11 is 5.87. The summed E-state index contributed by atoms with van der Waals surface area (Å²) in [7, 11) is 0. The molecule has 0 saturated carbocycles. The van der Waals surface area contributed by atoms with Gasteiger partial charge in [0, 0.05) is 22.3 Å². The Hall–Kier alpha value is -2.83. The SMILES string of the molecule is CC(NC(=O)C(C)(C)Oc1ccc(C(=O)c2ccc(Cl)cc2)cc1)c1ccccn1.S. The van der Waals surface area contributed by atoms with Gasteiger partial charge in [0.1, 0.15) is 5.75 Å². The van der Waals surface area contributed by atoms with Gasteiger partial charge < -0.3 is 10.1 Å². The van der Waals surface area contributed by atoms with Crippen LogP contribution in [0.1, 0.15) is 48.4 Å². The number of hydrogen-bond donors (Lipinski definition) is 1. The van der Waals surface area contributed by atoms with E-state index in [1.54, 1.807) is 68.6 Å². The number of halogens is 1. The smallest absolute Gasteiger partial charge is 0.264 e. The Bertz CT molecular complexity index is 1020. The number of benzene rings is 2. The van der Waals surface area contributed by atoms with Crippen molar-refractivity contribution in [3.8, 4) is 5.75 Å². The molecule has 1 unspecified atom stereocenters. The number of rotatable bonds is 7. The number of carbonyl (C=O) groups excluding carboxylic acids is 2. The molecule has 1 aromatic heterocycles. The first-order chi connectivity index (χ1) is 14.3. The highest BCUT2D eigenvalue weighted by atomic mass is 35.5. The second kappa shape index (κ2) is 10.5. The number of pyridine rings is 1. The molecule has 0 bridgehead atoms. The Morgan fingerprint density at radius 3 is 2.10 bits per heavy atom. The summed E-state index contributed by atoms with van der Waals surface area (Å²) in [4.78, 5) is 29.5. The lowest BCUT2D eigenvalue weighted by atomic mass is 10.0. The molecule has 0 aliphatic heterocycles. The van der Waals surface area contributed by atoms with Gasteiger partial charge in [-0.1, -0.05) is 17.7 Å². The summed E-state index contributed by atoms with van der Waals surface area (Å²) in [6, 6.07) is 18.8. The summed E-state index contributed by atoms with van der Waals surface area (Å²) in [5.74, 6) is 0.120. The minimum absolute atomic E-state index is 0. The Kier molecular flexibility index (Phi) is 8.25. The van der Waals surface area contributed by atoms with E-state index in [2.05, 4.69) is 10.3 Å². The molecule has 5 nitrogen and oxygen atoms in total. The third kappa shape index (κ3) is 6.32. The highest BCUT2D eigenvalue weighted by Crippen LogP contribution is 2.22. The molecular weight excluding hydrogens is 432 g/mol. The minimum atomic E-state index is -1.11. The van der Waals surface area contributed by atoms with Crippen LogP contribution in [-0.2, 0) is 4.79 Å². The van der Waals surface area contributed by atoms with Crippen molar-refractivity contribution >= 4 is 36.8 Å². The molecule has 0 aliphatic carbocycles. The third-order valence-electron chi connectivity index (χ3n) is 4.62. The van der Waals surface area contributed by atoms with Crippen LogP contribution in [0.5, 0.6) is 5.75 Å². The van der Waals surface area contributed by atoms with Gasteiger partial charge in [-0.2, -0.15) is 13.5 Å². The van der Waals surface area contributed by atoms with Crippen LogP contribution < -0.4 is 10.1 Å². The zero-order valence-electron chi connectivity index (χ0n) is 17.6. The maximum absolute atomic E-state index is 12.7. The van der Waals surface area contributed by atoms with Crippen LogP contribution in [0.25, 0.3) is 0 Å². The molecule has 1 heterocycles.